The molecular weight excluding hydrogens is 438 g/mol. The first-order chi connectivity index (χ1) is 14.4. The fraction of sp³-hybridized carbons (Fsp3) is 0.304. The number of benzene rings is 2. The number of ether oxygens (including phenoxy) is 2. The van der Waals surface area contributed by atoms with E-state index in [2.05, 4.69) is 26.0 Å². The van der Waals surface area contributed by atoms with Crippen LogP contribution in [0.5, 0.6) is 11.5 Å². The lowest BCUT2D eigenvalue weighted by Crippen LogP contribution is -2.27. The Labute approximate surface area is 192 Å². The van der Waals surface area contributed by atoms with Crippen molar-refractivity contribution < 1.29 is 14.3 Å². The Bertz CT molecular complexity index is 990. The van der Waals surface area contributed by atoms with Gasteiger partial charge in [0.1, 0.15) is 29.0 Å². The number of likely N-dealkylation sites (N-methyl/N-ethyl adjacent to an activating group) is 1. The van der Waals surface area contributed by atoms with Crippen molar-refractivity contribution in [1.29, 1.82) is 0 Å². The number of thioether (sulfide) groups is 1. The molecule has 30 heavy (non-hydrogen) atoms. The molecule has 0 spiro atoms. The van der Waals surface area contributed by atoms with Crippen LogP contribution in [0.15, 0.2) is 41.3 Å². The second kappa shape index (κ2) is 10.3. The lowest BCUT2D eigenvalue weighted by molar-refractivity contribution is -0.121. The van der Waals surface area contributed by atoms with Gasteiger partial charge in [-0.05, 0) is 67.8 Å². The summed E-state index contributed by atoms with van der Waals surface area (Å²) >= 11 is 12.7. The molecule has 158 valence electrons. The average Bonchev–Trinajstić information content (AvgIpc) is 2.98. The van der Waals surface area contributed by atoms with Gasteiger partial charge in [-0.15, -0.1) is 0 Å². The number of carbonyl (C=O) groups excluding carboxylic acids is 1. The molecule has 1 aliphatic heterocycles. The summed E-state index contributed by atoms with van der Waals surface area (Å²) in [5.74, 6) is 1.39. The number of nitrogens with zero attached hydrogens (tertiary/aromatic N) is 1. The number of hydrogen-bond acceptors (Lipinski definition) is 5. The molecule has 0 unspecified atom stereocenters. The Hall–Kier alpha value is -2.02. The summed E-state index contributed by atoms with van der Waals surface area (Å²) in [6.07, 6.45) is 2.75. The van der Waals surface area contributed by atoms with E-state index in [1.54, 1.807) is 29.2 Å². The van der Waals surface area contributed by atoms with E-state index >= 15 is 0 Å². The summed E-state index contributed by atoms with van der Waals surface area (Å²) < 4.78 is 12.4. The molecule has 0 N–H and O–H groups in total. The van der Waals surface area contributed by atoms with Gasteiger partial charge in [0.25, 0.3) is 5.91 Å². The molecule has 0 radical (unpaired) electrons. The van der Waals surface area contributed by atoms with E-state index in [4.69, 9.17) is 33.3 Å². The lowest BCUT2D eigenvalue weighted by atomic mass is 10.1. The molecule has 0 saturated carbocycles. The Morgan fingerprint density at radius 2 is 1.90 bits per heavy atom. The van der Waals surface area contributed by atoms with Gasteiger partial charge in [0.15, 0.2) is 0 Å². The van der Waals surface area contributed by atoms with Crippen LogP contribution in [-0.2, 0) is 11.2 Å². The van der Waals surface area contributed by atoms with Crippen LogP contribution in [0.2, 0.25) is 5.02 Å². The highest BCUT2D eigenvalue weighted by molar-refractivity contribution is 8.26. The van der Waals surface area contributed by atoms with E-state index in [0.717, 1.165) is 17.7 Å². The van der Waals surface area contributed by atoms with E-state index in [9.17, 15) is 4.79 Å². The summed E-state index contributed by atoms with van der Waals surface area (Å²) in [6.45, 7) is 7.42. The molecule has 0 aromatic heterocycles. The molecule has 1 amide bonds. The normalized spacial score (nSPS) is 15.2. The Balaban J connectivity index is 1.68. The van der Waals surface area contributed by atoms with Crippen molar-refractivity contribution in [3.63, 3.8) is 0 Å². The Morgan fingerprint density at radius 1 is 1.13 bits per heavy atom. The minimum Gasteiger partial charge on any atom is -0.490 e. The highest BCUT2D eigenvalue weighted by Gasteiger charge is 2.30. The zero-order chi connectivity index (χ0) is 21.7. The molecule has 0 bridgehead atoms. The van der Waals surface area contributed by atoms with Crippen LogP contribution >= 0.6 is 35.6 Å². The highest BCUT2D eigenvalue weighted by atomic mass is 35.5. The molecule has 7 heteroatoms. The number of rotatable bonds is 8. The largest absolute Gasteiger partial charge is 0.490 e. The first-order valence-electron chi connectivity index (χ1n) is 9.82. The summed E-state index contributed by atoms with van der Waals surface area (Å²) in [5, 5.41) is 0.572. The SMILES string of the molecule is CCc1cc(C)cc(OCCOc2ccc(Cl)cc2C=C2SC(=S)N(CC)C2=O)c1. The van der Waals surface area contributed by atoms with Crippen LogP contribution in [0, 0.1) is 6.92 Å². The van der Waals surface area contributed by atoms with Crippen LogP contribution in [0.25, 0.3) is 6.08 Å². The molecule has 3 rings (SSSR count). The number of carbonyl (C=O) groups is 1. The second-order valence-electron chi connectivity index (χ2n) is 6.81. The lowest BCUT2D eigenvalue weighted by Gasteiger charge is -2.12. The average molecular weight is 462 g/mol. The maximum absolute atomic E-state index is 12.5. The van der Waals surface area contributed by atoms with Crippen LogP contribution in [0.1, 0.15) is 30.5 Å². The van der Waals surface area contributed by atoms with Gasteiger partial charge in [-0.25, -0.2) is 0 Å². The van der Waals surface area contributed by atoms with Gasteiger partial charge in [-0.3, -0.25) is 9.69 Å². The smallest absolute Gasteiger partial charge is 0.266 e. The van der Waals surface area contributed by atoms with E-state index < -0.39 is 0 Å². The van der Waals surface area contributed by atoms with Crippen molar-refractivity contribution in [1.82, 2.24) is 4.90 Å². The number of aryl methyl sites for hydroxylation is 2. The first-order valence-corrected chi connectivity index (χ1v) is 11.4. The molecule has 1 saturated heterocycles. The summed E-state index contributed by atoms with van der Waals surface area (Å²) in [4.78, 5) is 14.6. The van der Waals surface area contributed by atoms with E-state index in [1.807, 2.05) is 13.0 Å². The second-order valence-corrected chi connectivity index (χ2v) is 8.93. The first kappa shape index (κ1) is 22.7. The molecule has 2 aromatic carbocycles. The molecule has 0 atom stereocenters. The Kier molecular flexibility index (Phi) is 7.81. The quantitative estimate of drug-likeness (QED) is 0.278. The van der Waals surface area contributed by atoms with Gasteiger partial charge in [0, 0.05) is 17.1 Å². The highest BCUT2D eigenvalue weighted by Crippen LogP contribution is 2.34. The minimum atomic E-state index is -0.0899. The standard InChI is InChI=1S/C23H24ClNO3S2/c1-4-16-10-15(3)11-19(12-16)27-8-9-28-20-7-6-18(24)13-17(20)14-21-22(26)25(5-2)23(29)30-21/h6-7,10-14H,4-5,8-9H2,1-3H3. The van der Waals surface area contributed by atoms with Gasteiger partial charge >= 0.3 is 0 Å². The fourth-order valence-electron chi connectivity index (χ4n) is 3.10. The molecule has 2 aromatic rings. The fourth-order valence-corrected chi connectivity index (χ4v) is 4.66. The maximum Gasteiger partial charge on any atom is 0.266 e. The van der Waals surface area contributed by atoms with Crippen molar-refractivity contribution in [2.45, 2.75) is 27.2 Å². The topological polar surface area (TPSA) is 38.8 Å². The molecular formula is C23H24ClNO3S2. The van der Waals surface area contributed by atoms with Crippen molar-refractivity contribution in [3.05, 3.63) is 63.0 Å². The number of amides is 1. The van der Waals surface area contributed by atoms with E-state index in [-0.39, 0.29) is 5.91 Å². The van der Waals surface area contributed by atoms with E-state index in [0.29, 0.717) is 39.8 Å². The number of halogens is 1. The monoisotopic (exact) mass is 461 g/mol. The molecule has 1 heterocycles. The van der Waals surface area contributed by atoms with Crippen LogP contribution < -0.4 is 9.47 Å². The van der Waals surface area contributed by atoms with Gasteiger partial charge in [0.2, 0.25) is 0 Å². The predicted octanol–water partition coefficient (Wildman–Crippen LogP) is 5.89. The van der Waals surface area contributed by atoms with Crippen LogP contribution in [0.4, 0.5) is 0 Å². The van der Waals surface area contributed by atoms with Gasteiger partial charge in [-0.2, -0.15) is 0 Å². The summed E-state index contributed by atoms with van der Waals surface area (Å²) in [7, 11) is 0. The maximum atomic E-state index is 12.5. The third-order valence-electron chi connectivity index (χ3n) is 4.58. The summed E-state index contributed by atoms with van der Waals surface area (Å²) in [5.41, 5.74) is 3.16. The molecule has 4 nitrogen and oxygen atoms in total. The Morgan fingerprint density at radius 3 is 2.60 bits per heavy atom. The van der Waals surface area contributed by atoms with Crippen molar-refractivity contribution in [3.8, 4) is 11.5 Å². The van der Waals surface area contributed by atoms with Crippen LogP contribution in [0.3, 0.4) is 0 Å². The zero-order valence-corrected chi connectivity index (χ0v) is 19.6. The molecule has 1 aliphatic rings. The number of thiocarbonyl (C=S) groups is 1. The third-order valence-corrected chi connectivity index (χ3v) is 6.19. The molecule has 1 fully saturated rings. The van der Waals surface area contributed by atoms with E-state index in [1.165, 1.54) is 22.9 Å². The molecule has 0 aliphatic carbocycles. The van der Waals surface area contributed by atoms with Crippen molar-refractivity contribution >= 4 is 51.9 Å². The van der Waals surface area contributed by atoms with Gasteiger partial charge in [-0.1, -0.05) is 48.6 Å². The zero-order valence-electron chi connectivity index (χ0n) is 17.2. The number of hydrogen-bond donors (Lipinski definition) is 0. The van der Waals surface area contributed by atoms with Crippen LogP contribution in [-0.4, -0.2) is 34.9 Å². The van der Waals surface area contributed by atoms with Gasteiger partial charge in [0.05, 0.1) is 4.91 Å². The predicted molar refractivity (Wildman–Crippen MR) is 129 cm³/mol. The van der Waals surface area contributed by atoms with Crippen molar-refractivity contribution in [2.24, 2.45) is 0 Å². The van der Waals surface area contributed by atoms with Gasteiger partial charge < -0.3 is 9.47 Å². The third kappa shape index (κ3) is 5.56. The minimum absolute atomic E-state index is 0.0899. The van der Waals surface area contributed by atoms with Crippen molar-refractivity contribution in [2.75, 3.05) is 19.8 Å². The summed E-state index contributed by atoms with van der Waals surface area (Å²) in [6, 6.07) is 11.6.